The van der Waals surface area contributed by atoms with Crippen LogP contribution in [0.25, 0.3) is 10.9 Å². The van der Waals surface area contributed by atoms with E-state index in [0.717, 1.165) is 16.5 Å². The molecule has 0 radical (unpaired) electrons. The quantitative estimate of drug-likeness (QED) is 0.713. The Bertz CT molecular complexity index is 962. The zero-order chi connectivity index (χ0) is 16.8. The van der Waals surface area contributed by atoms with Gasteiger partial charge >= 0.3 is 0 Å². The van der Waals surface area contributed by atoms with E-state index >= 15 is 0 Å². The Morgan fingerprint density at radius 2 is 1.83 bits per heavy atom. The average molecular weight is 340 g/mol. The van der Waals surface area contributed by atoms with E-state index in [2.05, 4.69) is 10.4 Å². The number of rotatable bonds is 1. The highest BCUT2D eigenvalue weighted by Gasteiger charge is 2.37. The Balaban J connectivity index is 1.98. The van der Waals surface area contributed by atoms with Gasteiger partial charge in [0.05, 0.1) is 11.3 Å². The second-order valence-electron chi connectivity index (χ2n) is 5.74. The third kappa shape index (κ3) is 2.17. The first-order valence-corrected chi connectivity index (χ1v) is 7.91. The third-order valence-electron chi connectivity index (χ3n) is 4.24. The second-order valence-corrected chi connectivity index (χ2v) is 6.18. The number of hydrogen-bond acceptors (Lipinski definition) is 2. The van der Waals surface area contributed by atoms with Crippen molar-refractivity contribution in [1.29, 1.82) is 0 Å². The highest BCUT2D eigenvalue weighted by Crippen LogP contribution is 2.37. The molecule has 0 fully saturated rings. The van der Waals surface area contributed by atoms with E-state index in [1.165, 1.54) is 11.9 Å². The molecule has 1 atom stereocenters. The topological polar surface area (TPSA) is 65.2 Å². The summed E-state index contributed by atoms with van der Waals surface area (Å²) in [6, 6.07) is 14.4. The van der Waals surface area contributed by atoms with E-state index < -0.39 is 6.04 Å². The number of fused-ring (bicyclic) bond motifs is 3. The van der Waals surface area contributed by atoms with E-state index in [0.29, 0.717) is 16.3 Å². The fraction of sp³-hybridized carbons (Fsp3) is 0.111. The van der Waals surface area contributed by atoms with Crippen LogP contribution in [0.4, 0.5) is 0 Å². The lowest BCUT2D eigenvalue weighted by Gasteiger charge is -2.35. The van der Waals surface area contributed by atoms with E-state index in [1.807, 2.05) is 36.4 Å². The summed E-state index contributed by atoms with van der Waals surface area (Å²) >= 11 is 5.98. The molecule has 3 aromatic rings. The predicted octanol–water partition coefficient (Wildman–Crippen LogP) is 3.42. The molecule has 1 aliphatic rings. The van der Waals surface area contributed by atoms with Crippen molar-refractivity contribution in [2.45, 2.75) is 13.0 Å². The lowest BCUT2D eigenvalue weighted by Crippen LogP contribution is -2.51. The van der Waals surface area contributed by atoms with Crippen molar-refractivity contribution in [1.82, 2.24) is 15.4 Å². The number of amides is 2. The molecule has 1 unspecified atom stereocenters. The molecule has 0 spiro atoms. The van der Waals surface area contributed by atoms with E-state index in [4.69, 9.17) is 11.6 Å². The number of benzene rings is 2. The Hall–Kier alpha value is -2.79. The fourth-order valence-electron chi connectivity index (χ4n) is 3.19. The number of aromatic nitrogens is 1. The van der Waals surface area contributed by atoms with Crippen LogP contribution < -0.4 is 5.43 Å². The standard InChI is InChI=1S/C18H14ClN3O2/c1-10(23)22-17(11-6-8-12(19)9-7-11)16-15(18(24)21-22)13-4-2-3-5-14(13)20-16/h2-9,17,20H,1H3,(H,21,24). The number of aromatic amines is 1. The van der Waals surface area contributed by atoms with Gasteiger partial charge in [0.25, 0.3) is 5.91 Å². The van der Waals surface area contributed by atoms with Crippen LogP contribution in [0.2, 0.25) is 5.02 Å². The van der Waals surface area contributed by atoms with Gasteiger partial charge in [-0.05, 0) is 23.8 Å². The van der Waals surface area contributed by atoms with Gasteiger partial charge in [-0.15, -0.1) is 0 Å². The monoisotopic (exact) mass is 339 g/mol. The number of para-hydroxylation sites is 1. The number of carbonyl (C=O) groups excluding carboxylic acids is 2. The number of carbonyl (C=O) groups is 2. The fourth-order valence-corrected chi connectivity index (χ4v) is 3.32. The van der Waals surface area contributed by atoms with Gasteiger partial charge in [0.15, 0.2) is 0 Å². The first-order chi connectivity index (χ1) is 11.6. The minimum Gasteiger partial charge on any atom is -0.356 e. The van der Waals surface area contributed by atoms with E-state index in [9.17, 15) is 9.59 Å². The van der Waals surface area contributed by atoms with E-state index in [-0.39, 0.29) is 11.8 Å². The van der Waals surface area contributed by atoms with Gasteiger partial charge in [0, 0.05) is 22.8 Å². The average Bonchev–Trinajstić information content (AvgIpc) is 2.95. The summed E-state index contributed by atoms with van der Waals surface area (Å²) < 4.78 is 0. The summed E-state index contributed by atoms with van der Waals surface area (Å²) in [7, 11) is 0. The minimum atomic E-state index is -0.431. The number of nitrogens with zero attached hydrogens (tertiary/aromatic N) is 1. The maximum atomic E-state index is 12.6. The molecule has 6 heteroatoms. The number of H-pyrrole nitrogens is 1. The largest absolute Gasteiger partial charge is 0.356 e. The molecule has 2 aromatic carbocycles. The maximum Gasteiger partial charge on any atom is 0.272 e. The maximum absolute atomic E-state index is 12.6. The van der Waals surface area contributed by atoms with Gasteiger partial charge in [-0.1, -0.05) is 41.9 Å². The van der Waals surface area contributed by atoms with Gasteiger partial charge in [0.2, 0.25) is 5.91 Å². The summed E-state index contributed by atoms with van der Waals surface area (Å²) in [5.74, 6) is -0.532. The van der Waals surface area contributed by atoms with Crippen molar-refractivity contribution in [2.24, 2.45) is 0 Å². The number of halogens is 1. The highest BCUT2D eigenvalue weighted by atomic mass is 35.5. The summed E-state index contributed by atoms with van der Waals surface area (Å²) in [4.78, 5) is 28.0. The smallest absolute Gasteiger partial charge is 0.272 e. The molecule has 0 saturated carbocycles. The molecule has 24 heavy (non-hydrogen) atoms. The van der Waals surface area contributed by atoms with E-state index in [1.54, 1.807) is 12.1 Å². The summed E-state index contributed by atoms with van der Waals surface area (Å²) in [5.41, 5.74) is 5.71. The first kappa shape index (κ1) is 14.8. The molecule has 120 valence electrons. The number of nitrogens with one attached hydrogen (secondary N) is 2. The lowest BCUT2D eigenvalue weighted by atomic mass is 9.96. The number of hydrazine groups is 1. The van der Waals surface area contributed by atoms with Crippen molar-refractivity contribution in [3.8, 4) is 0 Å². The summed E-state index contributed by atoms with van der Waals surface area (Å²) in [6.07, 6.45) is 0. The molecule has 1 aliphatic heterocycles. The minimum absolute atomic E-state index is 0.243. The van der Waals surface area contributed by atoms with Crippen molar-refractivity contribution in [3.63, 3.8) is 0 Å². The van der Waals surface area contributed by atoms with Crippen LogP contribution in [-0.2, 0) is 4.79 Å². The van der Waals surface area contributed by atoms with Gasteiger partial charge in [-0.3, -0.25) is 15.0 Å². The van der Waals surface area contributed by atoms with Crippen molar-refractivity contribution in [2.75, 3.05) is 0 Å². The summed E-state index contributed by atoms with van der Waals surface area (Å²) in [5, 5.41) is 2.81. The third-order valence-corrected chi connectivity index (χ3v) is 4.49. The second kappa shape index (κ2) is 5.39. The molecule has 2 amide bonds. The molecule has 5 nitrogen and oxygen atoms in total. The van der Waals surface area contributed by atoms with Crippen LogP contribution in [0.1, 0.15) is 34.6 Å². The Kier molecular flexibility index (Phi) is 3.32. The predicted molar refractivity (Wildman–Crippen MR) is 91.6 cm³/mol. The zero-order valence-electron chi connectivity index (χ0n) is 12.8. The van der Waals surface area contributed by atoms with Crippen LogP contribution in [-0.4, -0.2) is 21.8 Å². The molecule has 4 rings (SSSR count). The van der Waals surface area contributed by atoms with Crippen LogP contribution in [0, 0.1) is 0 Å². The Morgan fingerprint density at radius 3 is 2.54 bits per heavy atom. The van der Waals surface area contributed by atoms with Gasteiger partial charge < -0.3 is 4.98 Å². The Labute approximate surface area is 143 Å². The first-order valence-electron chi connectivity index (χ1n) is 7.53. The van der Waals surface area contributed by atoms with Crippen LogP contribution in [0.3, 0.4) is 0 Å². The normalized spacial score (nSPS) is 16.8. The van der Waals surface area contributed by atoms with Crippen molar-refractivity contribution >= 4 is 34.3 Å². The Morgan fingerprint density at radius 1 is 1.12 bits per heavy atom. The molecule has 0 aliphatic carbocycles. The molecular formula is C18H14ClN3O2. The van der Waals surface area contributed by atoms with Crippen molar-refractivity contribution < 1.29 is 9.59 Å². The number of hydrogen-bond donors (Lipinski definition) is 2. The molecule has 0 saturated heterocycles. The van der Waals surface area contributed by atoms with Gasteiger partial charge in [0.1, 0.15) is 6.04 Å². The molecule has 2 N–H and O–H groups in total. The molecule has 0 bridgehead atoms. The lowest BCUT2D eigenvalue weighted by molar-refractivity contribution is -0.133. The van der Waals surface area contributed by atoms with Crippen LogP contribution >= 0.6 is 11.6 Å². The van der Waals surface area contributed by atoms with Crippen LogP contribution in [0.5, 0.6) is 0 Å². The van der Waals surface area contributed by atoms with Crippen LogP contribution in [0.15, 0.2) is 48.5 Å². The molecule has 1 aromatic heterocycles. The zero-order valence-corrected chi connectivity index (χ0v) is 13.6. The summed E-state index contributed by atoms with van der Waals surface area (Å²) in [6.45, 7) is 1.43. The molecular weight excluding hydrogens is 326 g/mol. The highest BCUT2D eigenvalue weighted by molar-refractivity contribution is 6.30. The van der Waals surface area contributed by atoms with Gasteiger partial charge in [-0.2, -0.15) is 0 Å². The van der Waals surface area contributed by atoms with Crippen molar-refractivity contribution in [3.05, 3.63) is 70.4 Å². The SMILES string of the molecule is CC(=O)N1NC(=O)c2c([nH]c3ccccc23)C1c1ccc(Cl)cc1. The van der Waals surface area contributed by atoms with Gasteiger partial charge in [-0.25, -0.2) is 5.01 Å². The molecule has 2 heterocycles.